The Morgan fingerprint density at radius 1 is 1.15 bits per heavy atom. The molecule has 0 bridgehead atoms. The van der Waals surface area contributed by atoms with Crippen molar-refractivity contribution in [1.82, 2.24) is 20.0 Å². The van der Waals surface area contributed by atoms with Crippen LogP contribution in [0.3, 0.4) is 0 Å². The third-order valence-electron chi connectivity index (χ3n) is 3.56. The molecule has 0 aromatic carbocycles. The van der Waals surface area contributed by atoms with Crippen LogP contribution in [0.2, 0.25) is 0 Å². The molecule has 2 rings (SSSR count). The molecule has 1 unspecified atom stereocenters. The number of nitrogens with one attached hydrogen (secondary N) is 2. The summed E-state index contributed by atoms with van der Waals surface area (Å²) in [6.45, 7) is 3.77. The minimum Gasteiger partial charge on any atom is -0.321 e. The molecule has 0 saturated heterocycles. The summed E-state index contributed by atoms with van der Waals surface area (Å²) >= 11 is 2.77. The number of rotatable bonds is 3. The molecule has 2 aromatic heterocycles. The first-order valence-corrected chi connectivity index (χ1v) is 7.79. The fourth-order valence-electron chi connectivity index (χ4n) is 2.18. The Labute approximate surface area is 151 Å². The maximum atomic E-state index is 12.9. The number of aromatic nitrogens is 4. The molecule has 26 heavy (non-hydrogen) atoms. The molecule has 13 heteroatoms. The standard InChI is InChI=1S/C13H12BrF6N5O/c1-4-8(10(23-22-4)13(18,19)20)21-11(26)6(3)25-5(2)7(14)9(24-25)12(15,16)17/h6H,1-3H3,(H,21,26)(H,22,23). The van der Waals surface area contributed by atoms with Gasteiger partial charge in [-0.25, -0.2) is 0 Å². The molecule has 0 fully saturated rings. The van der Waals surface area contributed by atoms with E-state index in [1.165, 1.54) is 20.8 Å². The Morgan fingerprint density at radius 2 is 1.69 bits per heavy atom. The number of aromatic amines is 1. The molecule has 0 aliphatic rings. The van der Waals surface area contributed by atoms with Crippen LogP contribution in [0, 0.1) is 13.8 Å². The summed E-state index contributed by atoms with van der Waals surface area (Å²) in [6.07, 6.45) is -9.57. The van der Waals surface area contributed by atoms with E-state index < -0.39 is 41.4 Å². The minimum absolute atomic E-state index is 0.0000598. The van der Waals surface area contributed by atoms with E-state index in [1.807, 2.05) is 5.32 Å². The number of hydrogen-bond acceptors (Lipinski definition) is 3. The van der Waals surface area contributed by atoms with E-state index in [0.717, 1.165) is 4.68 Å². The van der Waals surface area contributed by atoms with Crippen LogP contribution >= 0.6 is 15.9 Å². The summed E-state index contributed by atoms with van der Waals surface area (Å²) in [5, 5.41) is 10.6. The Hall–Kier alpha value is -2.05. The second-order valence-electron chi connectivity index (χ2n) is 5.43. The van der Waals surface area contributed by atoms with Gasteiger partial charge in [0.15, 0.2) is 11.4 Å². The van der Waals surface area contributed by atoms with E-state index in [-0.39, 0.29) is 15.9 Å². The lowest BCUT2D eigenvalue weighted by atomic mass is 10.2. The summed E-state index contributed by atoms with van der Waals surface area (Å²) in [5.74, 6) is -0.980. The summed E-state index contributed by atoms with van der Waals surface area (Å²) in [4.78, 5) is 12.3. The van der Waals surface area contributed by atoms with Crippen LogP contribution in [0.15, 0.2) is 4.47 Å². The first-order chi connectivity index (χ1) is 11.7. The quantitative estimate of drug-likeness (QED) is 0.691. The van der Waals surface area contributed by atoms with Crippen molar-refractivity contribution in [2.45, 2.75) is 39.2 Å². The van der Waals surface area contributed by atoms with Gasteiger partial charge < -0.3 is 5.32 Å². The van der Waals surface area contributed by atoms with Crippen LogP contribution in [-0.2, 0) is 17.1 Å². The molecule has 0 aliphatic heterocycles. The van der Waals surface area contributed by atoms with E-state index >= 15 is 0 Å². The van der Waals surface area contributed by atoms with Gasteiger partial charge in [-0.3, -0.25) is 14.6 Å². The molecule has 144 valence electrons. The maximum Gasteiger partial charge on any atom is 0.437 e. The Balaban J connectivity index is 2.34. The second kappa shape index (κ2) is 6.59. The van der Waals surface area contributed by atoms with Gasteiger partial charge in [-0.15, -0.1) is 0 Å². The molecule has 2 heterocycles. The van der Waals surface area contributed by atoms with Gasteiger partial charge in [0.25, 0.3) is 0 Å². The molecule has 0 saturated carbocycles. The van der Waals surface area contributed by atoms with Gasteiger partial charge in [-0.05, 0) is 36.7 Å². The van der Waals surface area contributed by atoms with Gasteiger partial charge in [0, 0.05) is 0 Å². The summed E-state index contributed by atoms with van der Waals surface area (Å²) in [6, 6.07) is -1.31. The van der Waals surface area contributed by atoms with Gasteiger partial charge in [0.05, 0.1) is 21.5 Å². The molecular weight excluding hydrogens is 436 g/mol. The van der Waals surface area contributed by atoms with Crippen LogP contribution in [0.1, 0.15) is 35.7 Å². The van der Waals surface area contributed by atoms with Crippen LogP contribution in [0.5, 0.6) is 0 Å². The minimum atomic E-state index is -4.81. The molecule has 0 spiro atoms. The maximum absolute atomic E-state index is 12.9. The molecule has 2 aromatic rings. The fourth-order valence-corrected chi connectivity index (χ4v) is 2.67. The zero-order valence-electron chi connectivity index (χ0n) is 13.5. The third-order valence-corrected chi connectivity index (χ3v) is 4.51. The van der Waals surface area contributed by atoms with Crippen molar-refractivity contribution in [2.24, 2.45) is 0 Å². The second-order valence-corrected chi connectivity index (χ2v) is 6.22. The van der Waals surface area contributed by atoms with E-state index in [0.29, 0.717) is 0 Å². The topological polar surface area (TPSA) is 75.6 Å². The third kappa shape index (κ3) is 3.71. The predicted octanol–water partition coefficient (Wildman–Crippen LogP) is 4.22. The van der Waals surface area contributed by atoms with Crippen LogP contribution < -0.4 is 5.32 Å². The number of aryl methyl sites for hydroxylation is 1. The largest absolute Gasteiger partial charge is 0.437 e. The Kier molecular flexibility index (Phi) is 5.14. The average molecular weight is 448 g/mol. The van der Waals surface area contributed by atoms with Gasteiger partial charge in [0.2, 0.25) is 5.91 Å². The SMILES string of the molecule is Cc1[nH]nc(C(F)(F)F)c1NC(=O)C(C)n1nc(C(F)(F)F)c(Br)c1C. The number of alkyl halides is 6. The fraction of sp³-hybridized carbons (Fsp3) is 0.462. The predicted molar refractivity (Wildman–Crippen MR) is 81.3 cm³/mol. The molecule has 0 aliphatic carbocycles. The van der Waals surface area contributed by atoms with Gasteiger partial charge >= 0.3 is 12.4 Å². The van der Waals surface area contributed by atoms with Gasteiger partial charge in [0.1, 0.15) is 6.04 Å². The number of anilines is 1. The highest BCUT2D eigenvalue weighted by Crippen LogP contribution is 2.37. The van der Waals surface area contributed by atoms with Crippen LogP contribution in [-0.4, -0.2) is 25.9 Å². The molecule has 6 nitrogen and oxygen atoms in total. The van der Waals surface area contributed by atoms with Crippen molar-refractivity contribution in [1.29, 1.82) is 0 Å². The van der Waals surface area contributed by atoms with E-state index in [4.69, 9.17) is 0 Å². The van der Waals surface area contributed by atoms with Crippen molar-refractivity contribution in [3.8, 4) is 0 Å². The van der Waals surface area contributed by atoms with Crippen molar-refractivity contribution >= 4 is 27.5 Å². The lowest BCUT2D eigenvalue weighted by Crippen LogP contribution is -2.26. The van der Waals surface area contributed by atoms with E-state index in [2.05, 4.69) is 31.2 Å². The zero-order valence-corrected chi connectivity index (χ0v) is 15.1. The summed E-state index contributed by atoms with van der Waals surface area (Å²) in [7, 11) is 0. The van der Waals surface area contributed by atoms with Gasteiger partial charge in [-0.1, -0.05) is 0 Å². The van der Waals surface area contributed by atoms with Crippen molar-refractivity contribution in [3.05, 3.63) is 27.2 Å². The van der Waals surface area contributed by atoms with Crippen molar-refractivity contribution in [3.63, 3.8) is 0 Å². The molecule has 2 N–H and O–H groups in total. The lowest BCUT2D eigenvalue weighted by Gasteiger charge is -2.15. The summed E-state index contributed by atoms with van der Waals surface area (Å²) < 4.78 is 77.9. The molecule has 1 amide bonds. The van der Waals surface area contributed by atoms with Crippen molar-refractivity contribution < 1.29 is 31.1 Å². The zero-order chi connectivity index (χ0) is 20.0. The van der Waals surface area contributed by atoms with Gasteiger partial charge in [-0.2, -0.15) is 36.5 Å². The Bertz CT molecular complexity index is 837. The van der Waals surface area contributed by atoms with Crippen LogP contribution in [0.25, 0.3) is 0 Å². The number of nitrogens with zero attached hydrogens (tertiary/aromatic N) is 3. The first kappa shape index (κ1) is 20.3. The van der Waals surface area contributed by atoms with Crippen LogP contribution in [0.4, 0.5) is 32.0 Å². The number of carbonyl (C=O) groups excluding carboxylic acids is 1. The highest BCUT2D eigenvalue weighted by molar-refractivity contribution is 9.10. The van der Waals surface area contributed by atoms with E-state index in [1.54, 1.807) is 0 Å². The smallest absolute Gasteiger partial charge is 0.321 e. The molecular formula is C13H12BrF6N5O. The number of hydrogen-bond donors (Lipinski definition) is 2. The number of H-pyrrole nitrogens is 1. The molecule has 0 radical (unpaired) electrons. The highest BCUT2D eigenvalue weighted by atomic mass is 79.9. The first-order valence-electron chi connectivity index (χ1n) is 7.00. The molecule has 1 atom stereocenters. The average Bonchev–Trinajstić information content (AvgIpc) is 2.99. The normalized spacial score (nSPS) is 13.8. The highest BCUT2D eigenvalue weighted by Gasteiger charge is 2.40. The summed E-state index contributed by atoms with van der Waals surface area (Å²) in [5.41, 5.74) is -3.20. The number of carbonyl (C=O) groups is 1. The number of halogens is 7. The number of amides is 1. The lowest BCUT2D eigenvalue weighted by molar-refractivity contribution is -0.142. The monoisotopic (exact) mass is 447 g/mol. The van der Waals surface area contributed by atoms with Crippen molar-refractivity contribution in [2.75, 3.05) is 5.32 Å². The van der Waals surface area contributed by atoms with E-state index in [9.17, 15) is 31.1 Å². The Morgan fingerprint density at radius 3 is 2.15 bits per heavy atom.